The van der Waals surface area contributed by atoms with Gasteiger partial charge in [0.1, 0.15) is 16.7 Å². The lowest BCUT2D eigenvalue weighted by molar-refractivity contribution is 0.622. The van der Waals surface area contributed by atoms with E-state index in [-0.39, 0.29) is 0 Å². The number of hydrogen-bond donors (Lipinski definition) is 0. The molecule has 11 rings (SSSR count). The van der Waals surface area contributed by atoms with Crippen LogP contribution in [0.15, 0.2) is 197 Å². The van der Waals surface area contributed by atoms with E-state index in [9.17, 15) is 0 Å². The van der Waals surface area contributed by atoms with Crippen LogP contribution in [0.5, 0.6) is 0 Å². The Balaban J connectivity index is 1.20. The molecule has 0 N–H and O–H groups in total. The fourth-order valence-electron chi connectivity index (χ4n) is 7.99. The summed E-state index contributed by atoms with van der Waals surface area (Å²) in [4.78, 5) is 7.26. The van der Waals surface area contributed by atoms with E-state index in [1.54, 1.807) is 0 Å². The quantitative estimate of drug-likeness (QED) is 0.174. The lowest BCUT2D eigenvalue weighted by Crippen LogP contribution is -2.11. The van der Waals surface area contributed by atoms with Crippen molar-refractivity contribution in [2.75, 3.05) is 4.90 Å². The molecular formula is C49H31N3O2. The van der Waals surface area contributed by atoms with E-state index in [1.165, 1.54) is 10.8 Å². The minimum atomic E-state index is 0.586. The van der Waals surface area contributed by atoms with Gasteiger partial charge in [-0.25, -0.2) is 4.98 Å². The smallest absolute Gasteiger partial charge is 0.227 e. The Kier molecular flexibility index (Phi) is 6.79. The summed E-state index contributed by atoms with van der Waals surface area (Å²) in [5.74, 6) is 0.586. The second-order valence-corrected chi connectivity index (χ2v) is 13.6. The number of nitrogens with zero attached hydrogens (tertiary/aromatic N) is 3. The van der Waals surface area contributed by atoms with Gasteiger partial charge in [-0.05, 0) is 90.0 Å². The Morgan fingerprint density at radius 1 is 0.463 bits per heavy atom. The number of anilines is 3. The van der Waals surface area contributed by atoms with Crippen LogP contribution in [0, 0.1) is 0 Å². The van der Waals surface area contributed by atoms with Crippen molar-refractivity contribution in [1.82, 2.24) is 9.55 Å². The number of oxazole rings is 1. The molecule has 0 aliphatic carbocycles. The summed E-state index contributed by atoms with van der Waals surface area (Å²) in [6.45, 7) is 0. The van der Waals surface area contributed by atoms with Crippen LogP contribution in [0.25, 0.3) is 83.1 Å². The third-order valence-corrected chi connectivity index (χ3v) is 10.4. The van der Waals surface area contributed by atoms with Crippen molar-refractivity contribution in [2.45, 2.75) is 0 Å². The predicted octanol–water partition coefficient (Wildman–Crippen LogP) is 13.6. The molecule has 0 aliphatic heterocycles. The van der Waals surface area contributed by atoms with Crippen molar-refractivity contribution in [3.05, 3.63) is 188 Å². The average molecular weight is 694 g/mol. The molecule has 0 bridgehead atoms. The molecule has 11 aromatic rings. The molecule has 5 heteroatoms. The highest BCUT2D eigenvalue weighted by atomic mass is 16.4. The summed E-state index contributed by atoms with van der Waals surface area (Å²) in [6.07, 6.45) is 0. The van der Waals surface area contributed by atoms with Crippen LogP contribution in [0.4, 0.5) is 17.1 Å². The SMILES string of the molecule is c1ccc(-c2cccc(N(c3ccc4oc5ccc6nc(-c7ccccc7)oc6c5c4c3)c3cccc4c5ccccc5n(-c5ccccc5)c34)c2)cc1. The van der Waals surface area contributed by atoms with E-state index >= 15 is 0 Å². The first-order valence-corrected chi connectivity index (χ1v) is 18.1. The average Bonchev–Trinajstić information content (AvgIpc) is 3.94. The van der Waals surface area contributed by atoms with Gasteiger partial charge >= 0.3 is 0 Å². The van der Waals surface area contributed by atoms with Crippen molar-refractivity contribution >= 4 is 71.9 Å². The number of para-hydroxylation sites is 3. The molecule has 0 radical (unpaired) electrons. The molecule has 54 heavy (non-hydrogen) atoms. The topological polar surface area (TPSA) is 47.3 Å². The molecule has 0 atom stereocenters. The van der Waals surface area contributed by atoms with E-state index in [1.807, 2.05) is 42.5 Å². The van der Waals surface area contributed by atoms with Gasteiger partial charge in [-0.2, -0.15) is 0 Å². The maximum Gasteiger partial charge on any atom is 0.227 e. The zero-order chi connectivity index (χ0) is 35.6. The largest absolute Gasteiger partial charge is 0.456 e. The normalized spacial score (nSPS) is 11.7. The van der Waals surface area contributed by atoms with Gasteiger partial charge in [0.25, 0.3) is 0 Å². The monoisotopic (exact) mass is 693 g/mol. The number of benzene rings is 8. The molecule has 0 unspecified atom stereocenters. The van der Waals surface area contributed by atoms with E-state index < -0.39 is 0 Å². The lowest BCUT2D eigenvalue weighted by Gasteiger charge is -2.27. The molecule has 0 amide bonds. The Labute approximate surface area is 310 Å². The molecule has 3 heterocycles. The molecule has 254 valence electrons. The van der Waals surface area contributed by atoms with Crippen LogP contribution in [0.2, 0.25) is 0 Å². The second-order valence-electron chi connectivity index (χ2n) is 13.6. The van der Waals surface area contributed by atoms with Crippen LogP contribution in [0.3, 0.4) is 0 Å². The summed E-state index contributed by atoms with van der Waals surface area (Å²) in [7, 11) is 0. The van der Waals surface area contributed by atoms with E-state index in [0.717, 1.165) is 77.9 Å². The fraction of sp³-hybridized carbons (Fsp3) is 0. The molecule has 0 saturated carbocycles. The van der Waals surface area contributed by atoms with Crippen LogP contribution < -0.4 is 4.90 Å². The van der Waals surface area contributed by atoms with E-state index in [4.69, 9.17) is 13.8 Å². The van der Waals surface area contributed by atoms with Gasteiger partial charge < -0.3 is 18.3 Å². The molecular weight excluding hydrogens is 663 g/mol. The first-order chi connectivity index (χ1) is 26.8. The summed E-state index contributed by atoms with van der Waals surface area (Å²) in [6, 6.07) is 65.7. The zero-order valence-corrected chi connectivity index (χ0v) is 29.1. The standard InChI is InChI=1S/C49H31N3O2/c1-4-14-32(15-5-1)34-18-12-21-36(30-34)51(43-25-13-23-39-38-22-10-11-24-42(38)52(47(39)43)35-19-8-3-9-20-35)37-26-28-44-40(31-37)46-45(53-44)29-27-41-48(46)54-49(50-41)33-16-6-2-7-17-33/h1-31H. The first kappa shape index (κ1) is 30.3. The van der Waals surface area contributed by atoms with E-state index in [2.05, 4.69) is 155 Å². The zero-order valence-electron chi connectivity index (χ0n) is 29.1. The highest BCUT2D eigenvalue weighted by Gasteiger charge is 2.24. The lowest BCUT2D eigenvalue weighted by atomic mass is 10.0. The van der Waals surface area contributed by atoms with Gasteiger partial charge in [-0.15, -0.1) is 0 Å². The summed E-state index contributed by atoms with van der Waals surface area (Å²) >= 11 is 0. The number of aromatic nitrogens is 2. The Hall–Kier alpha value is -7.37. The van der Waals surface area contributed by atoms with Gasteiger partial charge in [0, 0.05) is 38.8 Å². The van der Waals surface area contributed by atoms with Crippen molar-refractivity contribution < 1.29 is 8.83 Å². The van der Waals surface area contributed by atoms with Gasteiger partial charge in [0.05, 0.1) is 22.1 Å². The number of furan rings is 1. The minimum absolute atomic E-state index is 0.586. The molecule has 0 spiro atoms. The third-order valence-electron chi connectivity index (χ3n) is 10.4. The Morgan fingerprint density at radius 2 is 1.13 bits per heavy atom. The summed E-state index contributed by atoms with van der Waals surface area (Å²) < 4.78 is 15.4. The molecule has 0 fully saturated rings. The second kappa shape index (κ2) is 12.1. The van der Waals surface area contributed by atoms with Gasteiger partial charge in [-0.1, -0.05) is 109 Å². The van der Waals surface area contributed by atoms with Crippen LogP contribution >= 0.6 is 0 Å². The van der Waals surface area contributed by atoms with E-state index in [0.29, 0.717) is 11.5 Å². The number of hydrogen-bond acceptors (Lipinski definition) is 4. The minimum Gasteiger partial charge on any atom is -0.456 e. The van der Waals surface area contributed by atoms with Gasteiger partial charge in [-0.3, -0.25) is 0 Å². The Morgan fingerprint density at radius 3 is 1.96 bits per heavy atom. The Bertz CT molecular complexity index is 3160. The number of rotatable bonds is 6. The molecule has 8 aromatic carbocycles. The van der Waals surface area contributed by atoms with Crippen molar-refractivity contribution in [3.8, 4) is 28.3 Å². The van der Waals surface area contributed by atoms with Crippen LogP contribution in [-0.2, 0) is 0 Å². The molecule has 0 saturated heterocycles. The first-order valence-electron chi connectivity index (χ1n) is 18.1. The van der Waals surface area contributed by atoms with Crippen LogP contribution in [0.1, 0.15) is 0 Å². The van der Waals surface area contributed by atoms with Crippen molar-refractivity contribution in [1.29, 1.82) is 0 Å². The predicted molar refractivity (Wildman–Crippen MR) is 221 cm³/mol. The highest BCUT2D eigenvalue weighted by Crippen LogP contribution is 2.46. The molecule has 5 nitrogen and oxygen atoms in total. The fourth-order valence-corrected chi connectivity index (χ4v) is 7.99. The van der Waals surface area contributed by atoms with Crippen LogP contribution in [-0.4, -0.2) is 9.55 Å². The molecule has 0 aliphatic rings. The maximum atomic E-state index is 6.54. The van der Waals surface area contributed by atoms with Crippen molar-refractivity contribution in [3.63, 3.8) is 0 Å². The summed E-state index contributed by atoms with van der Waals surface area (Å²) in [5, 5.41) is 4.26. The van der Waals surface area contributed by atoms with Crippen molar-refractivity contribution in [2.24, 2.45) is 0 Å². The summed E-state index contributed by atoms with van der Waals surface area (Å²) in [5.41, 5.74) is 12.8. The maximum absolute atomic E-state index is 6.54. The van der Waals surface area contributed by atoms with Gasteiger partial charge in [0.15, 0.2) is 5.58 Å². The number of fused-ring (bicyclic) bond motifs is 8. The molecule has 3 aromatic heterocycles. The highest BCUT2D eigenvalue weighted by molar-refractivity contribution is 6.18. The third kappa shape index (κ3) is 4.76. The van der Waals surface area contributed by atoms with Gasteiger partial charge in [0.2, 0.25) is 5.89 Å².